The van der Waals surface area contributed by atoms with E-state index in [0.717, 1.165) is 25.1 Å². The number of nitriles is 1. The molecule has 3 heteroatoms. The summed E-state index contributed by atoms with van der Waals surface area (Å²) in [7, 11) is 0. The molecular weight excluding hydrogens is 236 g/mol. The second-order valence-electron chi connectivity index (χ2n) is 5.89. The topological polar surface area (TPSA) is 45.0 Å². The average molecular weight is 256 g/mol. The molecule has 3 rings (SSSR count). The maximum atomic E-state index is 8.83. The van der Waals surface area contributed by atoms with Gasteiger partial charge >= 0.3 is 0 Å². The van der Waals surface area contributed by atoms with Crippen LogP contribution < -0.4 is 10.1 Å². The second-order valence-corrected chi connectivity index (χ2v) is 5.89. The van der Waals surface area contributed by atoms with E-state index in [1.165, 1.54) is 18.4 Å². The Bertz CT molecular complexity index is 484. The van der Waals surface area contributed by atoms with E-state index in [1.54, 1.807) is 0 Å². The van der Waals surface area contributed by atoms with Crippen molar-refractivity contribution in [3.63, 3.8) is 0 Å². The van der Waals surface area contributed by atoms with Gasteiger partial charge in [0.15, 0.2) is 0 Å². The van der Waals surface area contributed by atoms with E-state index in [1.807, 2.05) is 12.1 Å². The molecule has 2 fully saturated rings. The van der Waals surface area contributed by atoms with Gasteiger partial charge in [-0.25, -0.2) is 0 Å². The number of ether oxygens (including phenoxy) is 1. The summed E-state index contributed by atoms with van der Waals surface area (Å²) in [6, 6.07) is 11.2. The Balaban J connectivity index is 1.58. The van der Waals surface area contributed by atoms with Crippen molar-refractivity contribution in [1.82, 2.24) is 5.32 Å². The molecule has 2 aliphatic rings. The lowest BCUT2D eigenvalue weighted by Crippen LogP contribution is -2.17. The predicted octanol–water partition coefficient (Wildman–Crippen LogP) is 3.01. The van der Waals surface area contributed by atoms with Crippen molar-refractivity contribution in [2.45, 2.75) is 44.7 Å². The Hall–Kier alpha value is -1.53. The fourth-order valence-corrected chi connectivity index (χ4v) is 2.28. The van der Waals surface area contributed by atoms with Gasteiger partial charge in [0.1, 0.15) is 5.75 Å². The van der Waals surface area contributed by atoms with E-state index in [4.69, 9.17) is 10.00 Å². The first kappa shape index (κ1) is 12.5. The molecule has 1 N–H and O–H groups in total. The van der Waals surface area contributed by atoms with E-state index in [2.05, 4.69) is 23.5 Å². The van der Waals surface area contributed by atoms with Gasteiger partial charge in [-0.3, -0.25) is 0 Å². The van der Waals surface area contributed by atoms with Gasteiger partial charge in [-0.05, 0) is 31.7 Å². The van der Waals surface area contributed by atoms with E-state index >= 15 is 0 Å². The highest BCUT2D eigenvalue weighted by Gasteiger charge is 2.43. The van der Waals surface area contributed by atoms with Crippen molar-refractivity contribution in [1.29, 1.82) is 5.26 Å². The Morgan fingerprint density at radius 1 is 1.32 bits per heavy atom. The number of rotatable bonds is 7. The van der Waals surface area contributed by atoms with Crippen LogP contribution in [-0.4, -0.2) is 12.6 Å². The van der Waals surface area contributed by atoms with Gasteiger partial charge < -0.3 is 10.1 Å². The van der Waals surface area contributed by atoms with Crippen LogP contribution in [0.3, 0.4) is 0 Å². The van der Waals surface area contributed by atoms with Gasteiger partial charge in [-0.15, -0.1) is 0 Å². The summed E-state index contributed by atoms with van der Waals surface area (Å²) in [6.07, 6.45) is 5.48. The minimum Gasteiger partial charge on any atom is -0.493 e. The van der Waals surface area contributed by atoms with E-state index in [-0.39, 0.29) is 5.41 Å². The van der Waals surface area contributed by atoms with Gasteiger partial charge in [-0.1, -0.05) is 18.2 Å². The van der Waals surface area contributed by atoms with E-state index < -0.39 is 0 Å². The molecule has 0 atom stereocenters. The number of para-hydroxylation sites is 1. The molecule has 0 saturated heterocycles. The van der Waals surface area contributed by atoms with Crippen molar-refractivity contribution in [2.75, 3.05) is 6.61 Å². The molecular formula is C16H20N2O. The molecule has 0 radical (unpaired) electrons. The molecule has 0 heterocycles. The van der Waals surface area contributed by atoms with E-state index in [9.17, 15) is 0 Å². The molecule has 0 aliphatic heterocycles. The summed E-state index contributed by atoms with van der Waals surface area (Å²) in [6.45, 7) is 1.56. The first-order valence-electron chi connectivity index (χ1n) is 7.12. The number of nitrogens with zero attached hydrogens (tertiary/aromatic N) is 1. The molecule has 0 amide bonds. The molecule has 0 aromatic heterocycles. The molecule has 0 bridgehead atoms. The monoisotopic (exact) mass is 256 g/mol. The standard InChI is InChI=1S/C16H20N2O/c17-10-9-16(7-8-16)12-19-15-4-2-1-3-13(15)11-18-14-5-6-14/h1-4,14,18H,5-9,11-12H2. The van der Waals surface area contributed by atoms with Gasteiger partial charge in [0.05, 0.1) is 12.7 Å². The molecule has 2 saturated carbocycles. The van der Waals surface area contributed by atoms with Gasteiger partial charge in [0, 0.05) is 30.0 Å². The Morgan fingerprint density at radius 3 is 2.79 bits per heavy atom. The highest BCUT2D eigenvalue weighted by Crippen LogP contribution is 2.48. The van der Waals surface area contributed by atoms with Gasteiger partial charge in [-0.2, -0.15) is 5.26 Å². The van der Waals surface area contributed by atoms with Crippen LogP contribution in [0.5, 0.6) is 5.75 Å². The van der Waals surface area contributed by atoms with Crippen molar-refractivity contribution in [3.8, 4) is 11.8 Å². The average Bonchev–Trinajstić information content (AvgIpc) is 3.32. The lowest BCUT2D eigenvalue weighted by molar-refractivity contribution is 0.234. The summed E-state index contributed by atoms with van der Waals surface area (Å²) in [5.41, 5.74) is 1.37. The van der Waals surface area contributed by atoms with Crippen LogP contribution in [0.2, 0.25) is 0 Å². The number of hydrogen-bond acceptors (Lipinski definition) is 3. The normalized spacial score (nSPS) is 19.7. The van der Waals surface area contributed by atoms with Crippen LogP contribution in [-0.2, 0) is 6.54 Å². The summed E-state index contributed by atoms with van der Waals surface area (Å²) >= 11 is 0. The van der Waals surface area contributed by atoms with Crippen LogP contribution in [0.25, 0.3) is 0 Å². The first-order valence-corrected chi connectivity index (χ1v) is 7.12. The molecule has 19 heavy (non-hydrogen) atoms. The molecule has 1 aromatic carbocycles. The van der Waals surface area contributed by atoms with E-state index in [0.29, 0.717) is 19.1 Å². The summed E-state index contributed by atoms with van der Waals surface area (Å²) < 4.78 is 5.98. The molecule has 1 aromatic rings. The summed E-state index contributed by atoms with van der Waals surface area (Å²) in [4.78, 5) is 0. The SMILES string of the molecule is N#CCC1(COc2ccccc2CNC2CC2)CC1. The number of hydrogen-bond donors (Lipinski definition) is 1. The summed E-state index contributed by atoms with van der Waals surface area (Å²) in [5.74, 6) is 0.972. The molecule has 3 nitrogen and oxygen atoms in total. The molecule has 0 unspecified atom stereocenters. The Morgan fingerprint density at radius 2 is 2.11 bits per heavy atom. The fourth-order valence-electron chi connectivity index (χ4n) is 2.28. The zero-order valence-corrected chi connectivity index (χ0v) is 11.2. The maximum absolute atomic E-state index is 8.83. The molecule has 2 aliphatic carbocycles. The first-order chi connectivity index (χ1) is 9.31. The zero-order chi connectivity index (χ0) is 13.1. The van der Waals surface area contributed by atoms with Crippen LogP contribution in [0.1, 0.15) is 37.7 Å². The number of nitrogens with one attached hydrogen (secondary N) is 1. The third-order valence-electron chi connectivity index (χ3n) is 4.08. The quantitative estimate of drug-likeness (QED) is 0.815. The van der Waals surface area contributed by atoms with Crippen LogP contribution in [0.4, 0.5) is 0 Å². The van der Waals surface area contributed by atoms with Gasteiger partial charge in [0.2, 0.25) is 0 Å². The largest absolute Gasteiger partial charge is 0.493 e. The second kappa shape index (κ2) is 5.22. The minimum absolute atomic E-state index is 0.145. The Labute approximate surface area is 114 Å². The maximum Gasteiger partial charge on any atom is 0.123 e. The van der Waals surface area contributed by atoms with Crippen LogP contribution in [0, 0.1) is 16.7 Å². The van der Waals surface area contributed by atoms with Crippen molar-refractivity contribution < 1.29 is 4.74 Å². The van der Waals surface area contributed by atoms with Crippen molar-refractivity contribution in [2.24, 2.45) is 5.41 Å². The van der Waals surface area contributed by atoms with Crippen molar-refractivity contribution in [3.05, 3.63) is 29.8 Å². The highest BCUT2D eigenvalue weighted by atomic mass is 16.5. The number of benzene rings is 1. The minimum atomic E-state index is 0.145. The lowest BCUT2D eigenvalue weighted by Gasteiger charge is -2.16. The smallest absolute Gasteiger partial charge is 0.123 e. The Kier molecular flexibility index (Phi) is 3.44. The third-order valence-corrected chi connectivity index (χ3v) is 4.08. The van der Waals surface area contributed by atoms with Crippen LogP contribution in [0.15, 0.2) is 24.3 Å². The summed E-state index contributed by atoms with van der Waals surface area (Å²) in [5, 5.41) is 12.3. The lowest BCUT2D eigenvalue weighted by atomic mass is 10.1. The third kappa shape index (κ3) is 3.27. The molecule has 100 valence electrons. The fraction of sp³-hybridized carbons (Fsp3) is 0.562. The predicted molar refractivity (Wildman–Crippen MR) is 73.7 cm³/mol. The highest BCUT2D eigenvalue weighted by molar-refractivity contribution is 5.33. The van der Waals surface area contributed by atoms with Crippen LogP contribution >= 0.6 is 0 Å². The molecule has 0 spiro atoms. The van der Waals surface area contributed by atoms with Gasteiger partial charge in [0.25, 0.3) is 0 Å². The zero-order valence-electron chi connectivity index (χ0n) is 11.2. The van der Waals surface area contributed by atoms with Crippen molar-refractivity contribution >= 4 is 0 Å².